The summed E-state index contributed by atoms with van der Waals surface area (Å²) in [6.45, 7) is 4.40. The molecule has 18 heavy (non-hydrogen) atoms. The molecular weight excluding hydrogens is 238 g/mol. The van der Waals surface area contributed by atoms with Crippen molar-refractivity contribution in [2.75, 3.05) is 25.1 Å². The Hall–Kier alpha value is -1.73. The standard InChI is InChI=1S/C11H17N3O4/c1-3-18-7-9(15)6-13-11-10(14(16)17)4-8(2)5-12-11/h4-5,9,15H,3,6-7H2,1-2H3,(H,12,13)/t9-/m0/s1. The first-order valence-corrected chi connectivity index (χ1v) is 5.65. The molecule has 0 saturated carbocycles. The van der Waals surface area contributed by atoms with Gasteiger partial charge in [-0.1, -0.05) is 0 Å². The van der Waals surface area contributed by atoms with E-state index in [0.717, 1.165) is 0 Å². The number of nitro groups is 1. The minimum absolute atomic E-state index is 0.0985. The van der Waals surface area contributed by atoms with Gasteiger partial charge in [-0.25, -0.2) is 4.98 Å². The zero-order chi connectivity index (χ0) is 13.5. The van der Waals surface area contributed by atoms with Gasteiger partial charge in [0.15, 0.2) is 0 Å². The molecule has 1 rings (SSSR count). The van der Waals surface area contributed by atoms with Gasteiger partial charge >= 0.3 is 5.69 Å². The number of aryl methyl sites for hydroxylation is 1. The van der Waals surface area contributed by atoms with Gasteiger partial charge in [-0.2, -0.15) is 0 Å². The number of ether oxygens (including phenoxy) is 1. The number of pyridine rings is 1. The molecular formula is C11H17N3O4. The second-order valence-electron chi connectivity index (χ2n) is 3.83. The first-order chi connectivity index (χ1) is 8.54. The summed E-state index contributed by atoms with van der Waals surface area (Å²) >= 11 is 0. The van der Waals surface area contributed by atoms with Crippen LogP contribution in [0.25, 0.3) is 0 Å². The monoisotopic (exact) mass is 255 g/mol. The molecule has 0 unspecified atom stereocenters. The Morgan fingerprint density at radius 3 is 3.00 bits per heavy atom. The van der Waals surface area contributed by atoms with Gasteiger partial charge < -0.3 is 15.2 Å². The Morgan fingerprint density at radius 1 is 1.67 bits per heavy atom. The van der Waals surface area contributed by atoms with Gasteiger partial charge in [0.1, 0.15) is 0 Å². The zero-order valence-electron chi connectivity index (χ0n) is 10.4. The van der Waals surface area contributed by atoms with E-state index in [1.165, 1.54) is 12.3 Å². The van der Waals surface area contributed by atoms with E-state index in [1.54, 1.807) is 6.92 Å². The second-order valence-corrected chi connectivity index (χ2v) is 3.83. The van der Waals surface area contributed by atoms with E-state index in [9.17, 15) is 15.2 Å². The lowest BCUT2D eigenvalue weighted by Gasteiger charge is -2.12. The Kier molecular flexibility index (Phi) is 5.47. The number of hydrogen-bond donors (Lipinski definition) is 2. The Balaban J connectivity index is 2.64. The SMILES string of the molecule is CCOC[C@@H](O)CNc1ncc(C)cc1[N+](=O)[O-]. The van der Waals surface area contributed by atoms with Crippen LogP contribution in [-0.4, -0.2) is 40.9 Å². The van der Waals surface area contributed by atoms with Crippen molar-refractivity contribution >= 4 is 11.5 Å². The molecule has 0 amide bonds. The van der Waals surface area contributed by atoms with Gasteiger partial charge in [0.2, 0.25) is 5.82 Å². The van der Waals surface area contributed by atoms with E-state index in [4.69, 9.17) is 4.74 Å². The van der Waals surface area contributed by atoms with E-state index >= 15 is 0 Å². The molecule has 0 bridgehead atoms. The molecule has 100 valence electrons. The molecule has 0 fully saturated rings. The highest BCUT2D eigenvalue weighted by atomic mass is 16.6. The smallest absolute Gasteiger partial charge is 0.311 e. The number of anilines is 1. The molecule has 1 aromatic rings. The van der Waals surface area contributed by atoms with Gasteiger partial charge in [-0.05, 0) is 19.4 Å². The summed E-state index contributed by atoms with van der Waals surface area (Å²) in [6.07, 6.45) is 0.803. The Labute approximate surface area is 105 Å². The van der Waals surface area contributed by atoms with Crippen LogP contribution in [0.15, 0.2) is 12.3 Å². The third kappa shape index (κ3) is 4.27. The number of hydrogen-bond acceptors (Lipinski definition) is 6. The highest BCUT2D eigenvalue weighted by Gasteiger charge is 2.16. The molecule has 2 N–H and O–H groups in total. The number of nitrogens with one attached hydrogen (secondary N) is 1. The minimum atomic E-state index is -0.729. The predicted octanol–water partition coefficient (Wildman–Crippen LogP) is 1.11. The molecule has 0 aliphatic rings. The third-order valence-corrected chi connectivity index (χ3v) is 2.22. The molecule has 7 heteroatoms. The fraction of sp³-hybridized carbons (Fsp3) is 0.545. The summed E-state index contributed by atoms with van der Waals surface area (Å²) in [5.74, 6) is 0.154. The summed E-state index contributed by atoms with van der Waals surface area (Å²) in [7, 11) is 0. The first-order valence-electron chi connectivity index (χ1n) is 5.65. The average Bonchev–Trinajstić information content (AvgIpc) is 2.34. The topological polar surface area (TPSA) is 97.5 Å². The molecule has 0 saturated heterocycles. The van der Waals surface area contributed by atoms with Crippen molar-refractivity contribution in [3.05, 3.63) is 27.9 Å². The van der Waals surface area contributed by atoms with Gasteiger partial charge in [0.25, 0.3) is 0 Å². The lowest BCUT2D eigenvalue weighted by Crippen LogP contribution is -2.25. The van der Waals surface area contributed by atoms with Crippen LogP contribution >= 0.6 is 0 Å². The van der Waals surface area contributed by atoms with E-state index in [0.29, 0.717) is 12.2 Å². The number of rotatable bonds is 7. The van der Waals surface area contributed by atoms with Gasteiger partial charge in [-0.15, -0.1) is 0 Å². The lowest BCUT2D eigenvalue weighted by atomic mass is 10.3. The highest BCUT2D eigenvalue weighted by molar-refractivity contribution is 5.56. The number of aliphatic hydroxyl groups excluding tert-OH is 1. The first kappa shape index (κ1) is 14.3. The summed E-state index contributed by atoms with van der Waals surface area (Å²) in [5, 5.41) is 23.1. The molecule has 7 nitrogen and oxygen atoms in total. The van der Waals surface area contributed by atoms with Crippen molar-refractivity contribution in [3.63, 3.8) is 0 Å². The van der Waals surface area contributed by atoms with Gasteiger partial charge in [-0.3, -0.25) is 10.1 Å². The van der Waals surface area contributed by atoms with Crippen LogP contribution in [0.2, 0.25) is 0 Å². The van der Waals surface area contributed by atoms with Crippen molar-refractivity contribution in [1.82, 2.24) is 4.98 Å². The van der Waals surface area contributed by atoms with E-state index in [1.807, 2.05) is 6.92 Å². The minimum Gasteiger partial charge on any atom is -0.389 e. The molecule has 0 aromatic carbocycles. The fourth-order valence-electron chi connectivity index (χ4n) is 1.36. The van der Waals surface area contributed by atoms with E-state index in [-0.39, 0.29) is 24.7 Å². The average molecular weight is 255 g/mol. The quantitative estimate of drug-likeness (QED) is 0.559. The van der Waals surface area contributed by atoms with Crippen molar-refractivity contribution in [3.8, 4) is 0 Å². The van der Waals surface area contributed by atoms with Crippen LogP contribution in [0.1, 0.15) is 12.5 Å². The van der Waals surface area contributed by atoms with E-state index < -0.39 is 11.0 Å². The summed E-state index contributed by atoms with van der Waals surface area (Å²) < 4.78 is 5.04. The van der Waals surface area contributed by atoms with Gasteiger partial charge in [0, 0.05) is 25.4 Å². The number of aromatic nitrogens is 1. The molecule has 1 atom stereocenters. The normalized spacial score (nSPS) is 12.2. The number of nitrogens with zero attached hydrogens (tertiary/aromatic N) is 2. The maximum Gasteiger partial charge on any atom is 0.311 e. The summed E-state index contributed by atoms with van der Waals surface area (Å²) in [4.78, 5) is 14.3. The molecule has 0 spiro atoms. The molecule has 0 radical (unpaired) electrons. The van der Waals surface area contributed by atoms with Crippen LogP contribution in [0.3, 0.4) is 0 Å². The third-order valence-electron chi connectivity index (χ3n) is 2.22. The molecule has 0 aliphatic heterocycles. The predicted molar refractivity (Wildman–Crippen MR) is 66.6 cm³/mol. The largest absolute Gasteiger partial charge is 0.389 e. The van der Waals surface area contributed by atoms with Crippen LogP contribution in [0.4, 0.5) is 11.5 Å². The molecule has 1 aromatic heterocycles. The van der Waals surface area contributed by atoms with Crippen molar-refractivity contribution in [2.45, 2.75) is 20.0 Å². The number of aliphatic hydroxyl groups is 1. The summed E-state index contributed by atoms with van der Waals surface area (Å²) in [6, 6.07) is 1.43. The maximum atomic E-state index is 10.8. The fourth-order valence-corrected chi connectivity index (χ4v) is 1.36. The van der Waals surface area contributed by atoms with E-state index in [2.05, 4.69) is 10.3 Å². The zero-order valence-corrected chi connectivity index (χ0v) is 10.4. The van der Waals surface area contributed by atoms with Crippen LogP contribution in [-0.2, 0) is 4.74 Å². The Bertz CT molecular complexity index is 411. The summed E-state index contributed by atoms with van der Waals surface area (Å²) in [5.41, 5.74) is 0.612. The molecule has 1 heterocycles. The van der Waals surface area contributed by atoms with Crippen LogP contribution < -0.4 is 5.32 Å². The van der Waals surface area contributed by atoms with Gasteiger partial charge in [0.05, 0.1) is 17.6 Å². The van der Waals surface area contributed by atoms with Crippen molar-refractivity contribution < 1.29 is 14.8 Å². The molecule has 0 aliphatic carbocycles. The Morgan fingerprint density at radius 2 is 2.39 bits per heavy atom. The lowest BCUT2D eigenvalue weighted by molar-refractivity contribution is -0.384. The van der Waals surface area contributed by atoms with Crippen LogP contribution in [0.5, 0.6) is 0 Å². The van der Waals surface area contributed by atoms with Crippen LogP contribution in [0, 0.1) is 17.0 Å². The highest BCUT2D eigenvalue weighted by Crippen LogP contribution is 2.22. The van der Waals surface area contributed by atoms with Crippen molar-refractivity contribution in [1.29, 1.82) is 0 Å². The van der Waals surface area contributed by atoms with Crippen molar-refractivity contribution in [2.24, 2.45) is 0 Å². The maximum absolute atomic E-state index is 10.8. The second kappa shape index (κ2) is 6.87.